The van der Waals surface area contributed by atoms with Crippen molar-refractivity contribution in [3.63, 3.8) is 0 Å². The largest absolute Gasteiger partial charge is 0.496 e. The van der Waals surface area contributed by atoms with Gasteiger partial charge in [0, 0.05) is 65.8 Å². The van der Waals surface area contributed by atoms with Gasteiger partial charge in [0.2, 0.25) is 5.91 Å². The zero-order valence-corrected chi connectivity index (χ0v) is 25.5. The maximum absolute atomic E-state index is 14.1. The molecule has 7 nitrogen and oxygen atoms in total. The molecule has 1 unspecified atom stereocenters. The van der Waals surface area contributed by atoms with Gasteiger partial charge in [-0.3, -0.25) is 14.7 Å². The van der Waals surface area contributed by atoms with Crippen LogP contribution in [0.2, 0.25) is 0 Å². The smallest absolute Gasteiger partial charge is 0.237 e. The van der Waals surface area contributed by atoms with Crippen molar-refractivity contribution in [2.75, 3.05) is 20.3 Å². The Bertz CT molecular complexity index is 1450. The van der Waals surface area contributed by atoms with Gasteiger partial charge >= 0.3 is 0 Å². The van der Waals surface area contributed by atoms with E-state index in [0.29, 0.717) is 36.3 Å². The first-order chi connectivity index (χ1) is 20.1. The van der Waals surface area contributed by atoms with Crippen LogP contribution in [0.5, 0.6) is 5.75 Å². The van der Waals surface area contributed by atoms with Crippen LogP contribution in [0.3, 0.4) is 0 Å². The Hall–Kier alpha value is -3.00. The number of aliphatic hydroxyl groups excluding tert-OH is 2. The molecule has 42 heavy (non-hydrogen) atoms. The molecule has 8 atom stereocenters. The van der Waals surface area contributed by atoms with Crippen LogP contribution in [-0.2, 0) is 11.3 Å². The lowest BCUT2D eigenvalue weighted by Gasteiger charge is -2.62. The number of likely N-dealkylation sites (tertiary alicyclic amines) is 1. The van der Waals surface area contributed by atoms with Crippen molar-refractivity contribution in [3.05, 3.63) is 60.3 Å². The molecule has 0 radical (unpaired) electrons. The van der Waals surface area contributed by atoms with Gasteiger partial charge in [-0.2, -0.15) is 0 Å². The number of aliphatic hydroxyl groups is 2. The Kier molecular flexibility index (Phi) is 7.79. The van der Waals surface area contributed by atoms with Crippen molar-refractivity contribution in [3.8, 4) is 16.9 Å². The minimum Gasteiger partial charge on any atom is -0.496 e. The third-order valence-corrected chi connectivity index (χ3v) is 11.1. The molecule has 3 N–H and O–H groups in total. The molecule has 3 aliphatic carbocycles. The number of hydrogen-bond acceptors (Lipinski definition) is 6. The summed E-state index contributed by atoms with van der Waals surface area (Å²) in [5.74, 6) is 1.81. The van der Waals surface area contributed by atoms with Crippen LogP contribution >= 0.6 is 0 Å². The van der Waals surface area contributed by atoms with Crippen molar-refractivity contribution in [1.82, 2.24) is 15.2 Å². The zero-order chi connectivity index (χ0) is 29.8. The molecule has 2 heterocycles. The summed E-state index contributed by atoms with van der Waals surface area (Å²) in [5, 5.41) is 25.7. The molecule has 4 fully saturated rings. The zero-order valence-electron chi connectivity index (χ0n) is 25.5. The Morgan fingerprint density at radius 2 is 1.88 bits per heavy atom. The molecular formula is C35H45N3O4. The van der Waals surface area contributed by atoms with E-state index in [0.717, 1.165) is 39.8 Å². The van der Waals surface area contributed by atoms with Crippen LogP contribution in [0.25, 0.3) is 22.0 Å². The molecule has 2 bridgehead atoms. The molecule has 7 heteroatoms. The fraction of sp³-hybridized carbons (Fsp3) is 0.543. The summed E-state index contributed by atoms with van der Waals surface area (Å²) in [4.78, 5) is 20.9. The molecule has 1 aromatic heterocycles. The highest BCUT2D eigenvalue weighted by Crippen LogP contribution is 2.61. The van der Waals surface area contributed by atoms with Gasteiger partial charge in [0.25, 0.3) is 0 Å². The van der Waals surface area contributed by atoms with Crippen LogP contribution in [0.4, 0.5) is 0 Å². The van der Waals surface area contributed by atoms with E-state index >= 15 is 0 Å². The number of ether oxygens (including phenoxy) is 1. The number of rotatable bonds is 8. The highest BCUT2D eigenvalue weighted by Gasteiger charge is 2.57. The number of carbonyl (C=O) groups excluding carboxylic acids is 1. The first-order valence-electron chi connectivity index (χ1n) is 15.5. The summed E-state index contributed by atoms with van der Waals surface area (Å²) >= 11 is 0. The molecule has 0 spiro atoms. The predicted octanol–water partition coefficient (Wildman–Crippen LogP) is 4.89. The second-order valence-corrected chi connectivity index (χ2v) is 13.6. The van der Waals surface area contributed by atoms with Crippen molar-refractivity contribution in [2.45, 2.75) is 65.3 Å². The third kappa shape index (κ3) is 4.80. The number of hydrogen-bond donors (Lipinski definition) is 3. The summed E-state index contributed by atoms with van der Waals surface area (Å²) in [6.45, 7) is 9.66. The first-order valence-corrected chi connectivity index (χ1v) is 15.5. The van der Waals surface area contributed by atoms with E-state index in [2.05, 4.69) is 54.2 Å². The second-order valence-electron chi connectivity index (χ2n) is 13.6. The standard InChI is InChI=1S/C35H45N3O4/c1-20-28-15-25(35(28,3)4)16-29(20)37-34(41)32-30(21(2)40)24(19-39)18-38(32)17-23-10-7-13-27(33(23)42-5)26-12-6-9-22-11-8-14-36-31(22)26/h6-14,20-21,24-25,28-30,32,39-40H,15-19H2,1-5H3,(H,37,41)/t20-,21-,24-,25+,28-,29-,30-,32?/m0/s1. The summed E-state index contributed by atoms with van der Waals surface area (Å²) < 4.78 is 6.03. The number of methoxy groups -OCH3 is 1. The molecule has 7 rings (SSSR count). The van der Waals surface area contributed by atoms with Crippen molar-refractivity contribution in [1.29, 1.82) is 0 Å². The van der Waals surface area contributed by atoms with E-state index in [1.54, 1.807) is 20.2 Å². The topological polar surface area (TPSA) is 94.9 Å². The lowest BCUT2D eigenvalue weighted by atomic mass is 9.45. The highest BCUT2D eigenvalue weighted by atomic mass is 16.5. The number of fused-ring (bicyclic) bond motifs is 3. The van der Waals surface area contributed by atoms with Crippen molar-refractivity contribution in [2.24, 2.45) is 35.0 Å². The van der Waals surface area contributed by atoms with Crippen LogP contribution in [-0.4, -0.2) is 64.5 Å². The van der Waals surface area contributed by atoms with Gasteiger partial charge in [-0.15, -0.1) is 0 Å². The number of nitrogens with one attached hydrogen (secondary N) is 1. The fourth-order valence-electron chi connectivity index (χ4n) is 8.69. The lowest BCUT2D eigenvalue weighted by Crippen LogP contribution is -2.62. The SMILES string of the molecule is COc1c(CN2C[C@@H](CO)[C@H]([C@H](C)O)C2C(=O)N[C@H]2C[C@H]3C[C@@H]([C@@H]2C)C3(C)C)cccc1-c1cccc2cccnc12. The van der Waals surface area contributed by atoms with Gasteiger partial charge in [-0.25, -0.2) is 0 Å². The van der Waals surface area contributed by atoms with Crippen molar-refractivity contribution < 1.29 is 19.7 Å². The minimum absolute atomic E-state index is 0.0406. The monoisotopic (exact) mass is 571 g/mol. The van der Waals surface area contributed by atoms with Gasteiger partial charge < -0.3 is 20.3 Å². The van der Waals surface area contributed by atoms with Crippen LogP contribution < -0.4 is 10.1 Å². The van der Waals surface area contributed by atoms with E-state index in [9.17, 15) is 15.0 Å². The summed E-state index contributed by atoms with van der Waals surface area (Å²) in [5.41, 5.74) is 4.14. The van der Waals surface area contributed by atoms with Crippen molar-refractivity contribution >= 4 is 16.8 Å². The molecule has 1 aliphatic heterocycles. The number of benzene rings is 2. The number of nitrogens with zero attached hydrogens (tertiary/aromatic N) is 2. The molecule has 224 valence electrons. The minimum atomic E-state index is -0.728. The Morgan fingerprint density at radius 1 is 1.14 bits per heavy atom. The van der Waals surface area contributed by atoms with Gasteiger partial charge in [0.05, 0.1) is 24.8 Å². The van der Waals surface area contributed by atoms with Gasteiger partial charge in [-0.1, -0.05) is 63.2 Å². The second kappa shape index (κ2) is 11.3. The average molecular weight is 572 g/mol. The predicted molar refractivity (Wildman–Crippen MR) is 165 cm³/mol. The first kappa shape index (κ1) is 29.1. The Balaban J connectivity index is 1.31. The molecule has 1 amide bonds. The molecule has 4 aliphatic rings. The Morgan fingerprint density at radius 3 is 2.57 bits per heavy atom. The maximum atomic E-state index is 14.1. The van der Waals surface area contributed by atoms with Gasteiger partial charge in [0.1, 0.15) is 5.75 Å². The fourth-order valence-corrected chi connectivity index (χ4v) is 8.69. The molecule has 2 aromatic carbocycles. The quantitative estimate of drug-likeness (QED) is 0.357. The third-order valence-electron chi connectivity index (χ3n) is 11.1. The molecule has 3 aromatic rings. The van der Waals surface area contributed by atoms with Gasteiger partial charge in [-0.05, 0) is 49.0 Å². The van der Waals surface area contributed by atoms with Crippen LogP contribution in [0.15, 0.2) is 54.7 Å². The highest BCUT2D eigenvalue weighted by molar-refractivity contribution is 5.95. The number of pyridine rings is 1. The molecule has 1 saturated heterocycles. The number of amides is 1. The lowest BCUT2D eigenvalue weighted by molar-refractivity contribution is -0.139. The van der Waals surface area contributed by atoms with E-state index in [1.807, 2.05) is 30.3 Å². The van der Waals surface area contributed by atoms with Crippen LogP contribution in [0.1, 0.15) is 46.1 Å². The average Bonchev–Trinajstić information content (AvgIpc) is 3.36. The van der Waals surface area contributed by atoms with E-state index < -0.39 is 12.1 Å². The number of para-hydroxylation sites is 2. The molecule has 3 saturated carbocycles. The number of carbonyl (C=O) groups is 1. The van der Waals surface area contributed by atoms with E-state index in [1.165, 1.54) is 6.42 Å². The summed E-state index contributed by atoms with van der Waals surface area (Å²) in [6, 6.07) is 15.8. The molecular weight excluding hydrogens is 526 g/mol. The van der Waals surface area contributed by atoms with E-state index in [4.69, 9.17) is 4.74 Å². The van der Waals surface area contributed by atoms with E-state index in [-0.39, 0.29) is 30.4 Å². The van der Waals surface area contributed by atoms with Gasteiger partial charge in [0.15, 0.2) is 0 Å². The normalized spacial score (nSPS) is 31.0. The van der Waals surface area contributed by atoms with Crippen LogP contribution in [0, 0.1) is 35.0 Å². The summed E-state index contributed by atoms with van der Waals surface area (Å²) in [6.07, 6.45) is 3.33. The Labute approximate surface area is 249 Å². The summed E-state index contributed by atoms with van der Waals surface area (Å²) in [7, 11) is 1.68. The number of aromatic nitrogens is 1. The maximum Gasteiger partial charge on any atom is 0.237 e.